The van der Waals surface area contributed by atoms with Crippen LogP contribution in [-0.2, 0) is 12.3 Å². The molecular formula is C25H22BrClN4OS. The average Bonchev–Trinajstić information content (AvgIpc) is 3.21. The standard InChI is InChI=1S/C25H22BrClN4OS/c1-16-6-9-19(12-17(16)2)24(32)28-14-23-29-30-25(31(23)22-5-3-4-21(27)13-22)33-15-18-7-10-20(26)11-8-18/h3-13H,14-15H2,1-2H3,(H,28,32). The Bertz CT molecular complexity index is 1290. The van der Waals surface area contributed by atoms with Gasteiger partial charge in [-0.3, -0.25) is 9.36 Å². The maximum atomic E-state index is 12.7. The lowest BCUT2D eigenvalue weighted by molar-refractivity contribution is 0.0949. The first-order valence-corrected chi connectivity index (χ1v) is 12.5. The van der Waals surface area contributed by atoms with Gasteiger partial charge in [0.15, 0.2) is 11.0 Å². The summed E-state index contributed by atoms with van der Waals surface area (Å²) in [4.78, 5) is 12.7. The Morgan fingerprint density at radius 3 is 2.55 bits per heavy atom. The second-order valence-corrected chi connectivity index (χ2v) is 9.91. The summed E-state index contributed by atoms with van der Waals surface area (Å²) >= 11 is 11.3. The highest BCUT2D eigenvalue weighted by molar-refractivity contribution is 9.10. The monoisotopic (exact) mass is 540 g/mol. The van der Waals surface area contributed by atoms with Crippen molar-refractivity contribution in [3.63, 3.8) is 0 Å². The van der Waals surface area contributed by atoms with E-state index in [1.54, 1.807) is 11.8 Å². The first-order chi connectivity index (χ1) is 15.9. The summed E-state index contributed by atoms with van der Waals surface area (Å²) in [7, 11) is 0. The minimum absolute atomic E-state index is 0.150. The van der Waals surface area contributed by atoms with Gasteiger partial charge in [-0.25, -0.2) is 0 Å². The Kier molecular flexibility index (Phi) is 7.53. The highest BCUT2D eigenvalue weighted by atomic mass is 79.9. The molecule has 0 aliphatic heterocycles. The van der Waals surface area contributed by atoms with E-state index in [0.717, 1.165) is 32.2 Å². The van der Waals surface area contributed by atoms with Crippen LogP contribution >= 0.6 is 39.3 Å². The summed E-state index contributed by atoms with van der Waals surface area (Å²) in [6.45, 7) is 4.26. The van der Waals surface area contributed by atoms with Crippen LogP contribution in [-0.4, -0.2) is 20.7 Å². The van der Waals surface area contributed by atoms with Gasteiger partial charge < -0.3 is 5.32 Å². The molecule has 0 bridgehead atoms. The number of hydrogen-bond acceptors (Lipinski definition) is 4. The van der Waals surface area contributed by atoms with Gasteiger partial charge in [0.2, 0.25) is 0 Å². The van der Waals surface area contributed by atoms with Gasteiger partial charge in [-0.05, 0) is 73.0 Å². The van der Waals surface area contributed by atoms with Gasteiger partial charge in [0, 0.05) is 20.8 Å². The molecule has 4 rings (SSSR count). The predicted molar refractivity (Wildman–Crippen MR) is 137 cm³/mol. The highest BCUT2D eigenvalue weighted by Crippen LogP contribution is 2.27. The minimum atomic E-state index is -0.150. The van der Waals surface area contributed by atoms with E-state index in [0.29, 0.717) is 16.4 Å². The molecular weight excluding hydrogens is 520 g/mol. The molecule has 0 unspecified atom stereocenters. The van der Waals surface area contributed by atoms with Crippen molar-refractivity contribution in [2.75, 3.05) is 0 Å². The van der Waals surface area contributed by atoms with Crippen molar-refractivity contribution in [3.05, 3.63) is 104 Å². The van der Waals surface area contributed by atoms with Crippen molar-refractivity contribution in [2.24, 2.45) is 0 Å². The van der Waals surface area contributed by atoms with Crippen molar-refractivity contribution in [3.8, 4) is 5.69 Å². The number of amides is 1. The van der Waals surface area contributed by atoms with E-state index < -0.39 is 0 Å². The lowest BCUT2D eigenvalue weighted by Gasteiger charge is -2.12. The van der Waals surface area contributed by atoms with Crippen LogP contribution in [0.2, 0.25) is 5.02 Å². The van der Waals surface area contributed by atoms with Gasteiger partial charge in [0.25, 0.3) is 5.91 Å². The van der Waals surface area contributed by atoms with Crippen molar-refractivity contribution >= 4 is 45.2 Å². The third kappa shape index (κ3) is 5.85. The zero-order valence-corrected chi connectivity index (χ0v) is 21.3. The lowest BCUT2D eigenvalue weighted by atomic mass is 10.1. The number of rotatable bonds is 7. The second kappa shape index (κ2) is 10.5. The van der Waals surface area contributed by atoms with Gasteiger partial charge in [-0.2, -0.15) is 0 Å². The molecule has 0 saturated heterocycles. The molecule has 8 heteroatoms. The van der Waals surface area contributed by atoms with E-state index in [9.17, 15) is 4.79 Å². The molecule has 0 fully saturated rings. The summed E-state index contributed by atoms with van der Waals surface area (Å²) in [5.74, 6) is 1.22. The van der Waals surface area contributed by atoms with Gasteiger partial charge in [-0.15, -0.1) is 10.2 Å². The molecule has 1 aromatic heterocycles. The van der Waals surface area contributed by atoms with Crippen LogP contribution in [0.3, 0.4) is 0 Å². The maximum absolute atomic E-state index is 12.7. The van der Waals surface area contributed by atoms with Crippen LogP contribution in [0.15, 0.2) is 76.4 Å². The largest absolute Gasteiger partial charge is 0.345 e. The Labute approximate surface area is 210 Å². The average molecular weight is 542 g/mol. The summed E-state index contributed by atoms with van der Waals surface area (Å²) < 4.78 is 2.98. The fourth-order valence-corrected chi connectivity index (χ4v) is 4.63. The van der Waals surface area contributed by atoms with Crippen LogP contribution in [0.1, 0.15) is 32.9 Å². The number of thioether (sulfide) groups is 1. The molecule has 0 radical (unpaired) electrons. The molecule has 0 saturated carbocycles. The molecule has 168 valence electrons. The first kappa shape index (κ1) is 23.5. The highest BCUT2D eigenvalue weighted by Gasteiger charge is 2.16. The van der Waals surface area contributed by atoms with E-state index in [4.69, 9.17) is 11.6 Å². The van der Waals surface area contributed by atoms with E-state index in [2.05, 4.69) is 43.6 Å². The molecule has 1 N–H and O–H groups in total. The first-order valence-electron chi connectivity index (χ1n) is 10.3. The third-order valence-corrected chi connectivity index (χ3v) is 6.99. The van der Waals surface area contributed by atoms with Gasteiger partial charge in [0.1, 0.15) is 0 Å². The van der Waals surface area contributed by atoms with E-state index in [1.165, 1.54) is 5.56 Å². The molecule has 0 atom stereocenters. The van der Waals surface area contributed by atoms with E-state index >= 15 is 0 Å². The fraction of sp³-hybridized carbons (Fsp3) is 0.160. The molecule has 3 aromatic carbocycles. The minimum Gasteiger partial charge on any atom is -0.345 e. The van der Waals surface area contributed by atoms with Gasteiger partial charge in [-0.1, -0.05) is 63.6 Å². The zero-order chi connectivity index (χ0) is 23.4. The van der Waals surface area contributed by atoms with Crippen molar-refractivity contribution < 1.29 is 4.79 Å². The number of benzene rings is 3. The summed E-state index contributed by atoms with van der Waals surface area (Å²) in [5.41, 5.74) is 4.88. The van der Waals surface area contributed by atoms with Gasteiger partial charge >= 0.3 is 0 Å². The van der Waals surface area contributed by atoms with Crippen LogP contribution in [0.5, 0.6) is 0 Å². The number of nitrogens with zero attached hydrogens (tertiary/aromatic N) is 3. The molecule has 1 amide bonds. The Hall–Kier alpha value is -2.61. The second-order valence-electron chi connectivity index (χ2n) is 7.61. The topological polar surface area (TPSA) is 59.8 Å². The fourth-order valence-electron chi connectivity index (χ4n) is 3.26. The SMILES string of the molecule is Cc1ccc(C(=O)NCc2nnc(SCc3ccc(Br)cc3)n2-c2cccc(Cl)c2)cc1C. The zero-order valence-electron chi connectivity index (χ0n) is 18.2. The quantitative estimate of drug-likeness (QED) is 0.271. The van der Waals surface area contributed by atoms with Crippen LogP contribution in [0, 0.1) is 13.8 Å². The van der Waals surface area contributed by atoms with E-state index in [-0.39, 0.29) is 12.5 Å². The molecule has 1 heterocycles. The maximum Gasteiger partial charge on any atom is 0.251 e. The number of nitrogens with one attached hydrogen (secondary N) is 1. The number of aromatic nitrogens is 3. The third-order valence-electron chi connectivity index (χ3n) is 5.22. The van der Waals surface area contributed by atoms with Crippen LogP contribution < -0.4 is 5.32 Å². The molecule has 0 aliphatic rings. The molecule has 5 nitrogen and oxygen atoms in total. The van der Waals surface area contributed by atoms with Crippen molar-refractivity contribution in [1.29, 1.82) is 0 Å². The number of hydrogen-bond donors (Lipinski definition) is 1. The van der Waals surface area contributed by atoms with Crippen molar-refractivity contribution in [1.82, 2.24) is 20.1 Å². The number of halogens is 2. The van der Waals surface area contributed by atoms with Crippen LogP contribution in [0.4, 0.5) is 0 Å². The number of aryl methyl sites for hydroxylation is 2. The van der Waals surface area contributed by atoms with Crippen LogP contribution in [0.25, 0.3) is 5.69 Å². The van der Waals surface area contributed by atoms with E-state index in [1.807, 2.05) is 73.0 Å². The summed E-state index contributed by atoms with van der Waals surface area (Å²) in [5, 5.41) is 13.1. The Morgan fingerprint density at radius 1 is 1.03 bits per heavy atom. The molecule has 0 spiro atoms. The summed E-state index contributed by atoms with van der Waals surface area (Å²) in [6, 6.07) is 21.4. The Morgan fingerprint density at radius 2 is 1.82 bits per heavy atom. The number of carbonyl (C=O) groups is 1. The molecule has 33 heavy (non-hydrogen) atoms. The summed E-state index contributed by atoms with van der Waals surface area (Å²) in [6.07, 6.45) is 0. The lowest BCUT2D eigenvalue weighted by Crippen LogP contribution is -2.24. The normalized spacial score (nSPS) is 10.9. The smallest absolute Gasteiger partial charge is 0.251 e. The molecule has 4 aromatic rings. The van der Waals surface area contributed by atoms with Crippen molar-refractivity contribution in [2.45, 2.75) is 31.3 Å². The van der Waals surface area contributed by atoms with Gasteiger partial charge in [0.05, 0.1) is 12.2 Å². The predicted octanol–water partition coefficient (Wildman–Crippen LogP) is 6.52. The molecule has 0 aliphatic carbocycles. The Balaban J connectivity index is 1.57. The number of carbonyl (C=O) groups excluding carboxylic acids is 1.